The van der Waals surface area contributed by atoms with E-state index in [-0.39, 0.29) is 11.7 Å². The Morgan fingerprint density at radius 3 is 2.72 bits per heavy atom. The second kappa shape index (κ2) is 9.17. The first-order valence-corrected chi connectivity index (χ1v) is 11.0. The molecule has 152 valence electrons. The van der Waals surface area contributed by atoms with E-state index < -0.39 is 0 Å². The maximum absolute atomic E-state index is 12.6. The van der Waals surface area contributed by atoms with Crippen LogP contribution in [0.4, 0.5) is 11.4 Å². The van der Waals surface area contributed by atoms with Crippen LogP contribution in [-0.4, -0.2) is 39.5 Å². The Bertz CT molecular complexity index is 948. The summed E-state index contributed by atoms with van der Waals surface area (Å²) in [6, 6.07) is 11.7. The molecule has 0 spiro atoms. The first kappa shape index (κ1) is 19.6. The van der Waals surface area contributed by atoms with Crippen LogP contribution in [0.3, 0.4) is 0 Å². The fraction of sp³-hybridized carbons (Fsp3) is 0.381. The Morgan fingerprint density at radius 2 is 1.97 bits per heavy atom. The van der Waals surface area contributed by atoms with Crippen molar-refractivity contribution >= 4 is 29.0 Å². The van der Waals surface area contributed by atoms with Crippen LogP contribution < -0.4 is 10.2 Å². The molecule has 0 aliphatic carbocycles. The number of para-hydroxylation sites is 2. The summed E-state index contributed by atoms with van der Waals surface area (Å²) in [5.74, 6) is 1.57. The lowest BCUT2D eigenvalue weighted by atomic mass is 10.1. The highest BCUT2D eigenvalue weighted by molar-refractivity contribution is 7.99. The van der Waals surface area contributed by atoms with Crippen LogP contribution in [0.15, 0.2) is 52.2 Å². The van der Waals surface area contributed by atoms with Gasteiger partial charge in [-0.05, 0) is 50.5 Å². The van der Waals surface area contributed by atoms with E-state index in [1.807, 2.05) is 41.8 Å². The molecule has 29 heavy (non-hydrogen) atoms. The van der Waals surface area contributed by atoms with Crippen molar-refractivity contribution in [3.8, 4) is 11.6 Å². The van der Waals surface area contributed by atoms with Gasteiger partial charge in [-0.1, -0.05) is 23.9 Å². The summed E-state index contributed by atoms with van der Waals surface area (Å²) in [5.41, 5.74) is 1.97. The molecular weight excluding hydrogens is 386 g/mol. The van der Waals surface area contributed by atoms with E-state index >= 15 is 0 Å². The maximum Gasteiger partial charge on any atom is 0.234 e. The Morgan fingerprint density at radius 1 is 1.14 bits per heavy atom. The molecular formula is C21H25N5O2S. The minimum absolute atomic E-state index is 0.0512. The number of amides is 1. The topological polar surface area (TPSA) is 76.2 Å². The summed E-state index contributed by atoms with van der Waals surface area (Å²) in [6.45, 7) is 4.80. The third kappa shape index (κ3) is 4.48. The molecule has 0 atom stereocenters. The van der Waals surface area contributed by atoms with Gasteiger partial charge in [-0.25, -0.2) is 0 Å². The van der Waals surface area contributed by atoms with Crippen molar-refractivity contribution in [2.45, 2.75) is 37.9 Å². The third-order valence-electron chi connectivity index (χ3n) is 4.98. The van der Waals surface area contributed by atoms with Crippen LogP contribution in [0.5, 0.6) is 0 Å². The second-order valence-corrected chi connectivity index (χ2v) is 7.87. The molecule has 3 aromatic rings. The molecule has 7 nitrogen and oxygen atoms in total. The molecule has 1 N–H and O–H groups in total. The number of anilines is 2. The highest BCUT2D eigenvalue weighted by Crippen LogP contribution is 2.29. The molecule has 1 aliphatic rings. The number of piperidine rings is 1. The van der Waals surface area contributed by atoms with E-state index in [0.29, 0.717) is 23.3 Å². The standard InChI is InChI=1S/C21H25N5O2S/c1-2-26-20(18-11-8-14-28-18)23-24-21(26)29-15-19(27)22-16-9-4-5-10-17(16)25-12-6-3-7-13-25/h4-5,8-11,14H,2-3,6-7,12-13,15H2,1H3,(H,22,27). The molecule has 1 fully saturated rings. The fourth-order valence-electron chi connectivity index (χ4n) is 3.57. The molecule has 1 amide bonds. The number of benzene rings is 1. The van der Waals surface area contributed by atoms with E-state index in [4.69, 9.17) is 4.42 Å². The Labute approximate surface area is 174 Å². The molecule has 3 heterocycles. The zero-order valence-corrected chi connectivity index (χ0v) is 17.3. The summed E-state index contributed by atoms with van der Waals surface area (Å²) in [5, 5.41) is 12.2. The normalized spacial score (nSPS) is 14.2. The van der Waals surface area contributed by atoms with Gasteiger partial charge < -0.3 is 14.6 Å². The Hall–Kier alpha value is -2.74. The monoisotopic (exact) mass is 411 g/mol. The van der Waals surface area contributed by atoms with Crippen molar-refractivity contribution < 1.29 is 9.21 Å². The van der Waals surface area contributed by atoms with E-state index in [0.717, 1.165) is 24.5 Å². The molecule has 2 aromatic heterocycles. The molecule has 4 rings (SSSR count). The number of carbonyl (C=O) groups excluding carboxylic acids is 1. The van der Waals surface area contributed by atoms with Gasteiger partial charge in [0.05, 0.1) is 23.4 Å². The number of carbonyl (C=O) groups is 1. The van der Waals surface area contributed by atoms with Gasteiger partial charge in [0, 0.05) is 19.6 Å². The first-order valence-electron chi connectivity index (χ1n) is 10.00. The molecule has 1 aliphatic heterocycles. The van der Waals surface area contributed by atoms with Crippen molar-refractivity contribution in [1.82, 2.24) is 14.8 Å². The van der Waals surface area contributed by atoms with Gasteiger partial charge in [0.1, 0.15) is 0 Å². The zero-order valence-electron chi connectivity index (χ0n) is 16.5. The van der Waals surface area contributed by atoms with Crippen LogP contribution in [-0.2, 0) is 11.3 Å². The molecule has 0 bridgehead atoms. The minimum atomic E-state index is -0.0512. The zero-order chi connectivity index (χ0) is 20.1. The van der Waals surface area contributed by atoms with Crippen molar-refractivity contribution in [1.29, 1.82) is 0 Å². The summed E-state index contributed by atoms with van der Waals surface area (Å²) in [4.78, 5) is 15.0. The number of nitrogens with one attached hydrogen (secondary N) is 1. The van der Waals surface area contributed by atoms with Crippen LogP contribution >= 0.6 is 11.8 Å². The average molecular weight is 412 g/mol. The number of rotatable bonds is 7. The number of aromatic nitrogens is 3. The van der Waals surface area contributed by atoms with Crippen molar-refractivity contribution in [3.05, 3.63) is 42.7 Å². The van der Waals surface area contributed by atoms with Gasteiger partial charge in [0.15, 0.2) is 16.7 Å². The summed E-state index contributed by atoms with van der Waals surface area (Å²) >= 11 is 1.38. The number of hydrogen-bond donors (Lipinski definition) is 1. The van der Waals surface area contributed by atoms with Crippen molar-refractivity contribution in [2.24, 2.45) is 0 Å². The van der Waals surface area contributed by atoms with Crippen LogP contribution in [0, 0.1) is 0 Å². The maximum atomic E-state index is 12.6. The molecule has 1 aromatic carbocycles. The third-order valence-corrected chi connectivity index (χ3v) is 5.95. The number of nitrogens with zero attached hydrogens (tertiary/aromatic N) is 4. The molecule has 0 radical (unpaired) electrons. The summed E-state index contributed by atoms with van der Waals surface area (Å²) in [6.07, 6.45) is 5.29. The van der Waals surface area contributed by atoms with Gasteiger partial charge in [-0.3, -0.25) is 9.36 Å². The van der Waals surface area contributed by atoms with Gasteiger partial charge in [-0.2, -0.15) is 0 Å². The molecule has 8 heteroatoms. The van der Waals surface area contributed by atoms with Crippen molar-refractivity contribution in [3.63, 3.8) is 0 Å². The van der Waals surface area contributed by atoms with E-state index in [1.165, 1.54) is 31.0 Å². The SMILES string of the molecule is CCn1c(SCC(=O)Nc2ccccc2N2CCCCC2)nnc1-c1ccco1. The quantitative estimate of drug-likeness (QED) is 0.585. The Kier molecular flexibility index (Phi) is 6.19. The van der Waals surface area contributed by atoms with Crippen LogP contribution in [0.25, 0.3) is 11.6 Å². The highest BCUT2D eigenvalue weighted by Gasteiger charge is 2.18. The van der Waals surface area contributed by atoms with Gasteiger partial charge in [0.2, 0.25) is 5.91 Å². The summed E-state index contributed by atoms with van der Waals surface area (Å²) < 4.78 is 7.39. The van der Waals surface area contributed by atoms with Gasteiger partial charge in [0.25, 0.3) is 0 Å². The predicted molar refractivity (Wildman–Crippen MR) is 115 cm³/mol. The van der Waals surface area contributed by atoms with Crippen LogP contribution in [0.1, 0.15) is 26.2 Å². The van der Waals surface area contributed by atoms with Crippen molar-refractivity contribution in [2.75, 3.05) is 29.1 Å². The van der Waals surface area contributed by atoms with E-state index in [9.17, 15) is 4.79 Å². The van der Waals surface area contributed by atoms with Gasteiger partial charge >= 0.3 is 0 Å². The number of furan rings is 1. The largest absolute Gasteiger partial charge is 0.461 e. The first-order chi connectivity index (χ1) is 14.3. The lowest BCUT2D eigenvalue weighted by Gasteiger charge is -2.30. The predicted octanol–water partition coefficient (Wildman–Crippen LogP) is 4.28. The lowest BCUT2D eigenvalue weighted by molar-refractivity contribution is -0.113. The average Bonchev–Trinajstić information content (AvgIpc) is 3.42. The molecule has 0 unspecified atom stereocenters. The van der Waals surface area contributed by atoms with Gasteiger partial charge in [-0.15, -0.1) is 10.2 Å². The Balaban J connectivity index is 1.41. The van der Waals surface area contributed by atoms with E-state index in [1.54, 1.807) is 6.26 Å². The fourth-order valence-corrected chi connectivity index (χ4v) is 4.38. The number of thioether (sulfide) groups is 1. The molecule has 0 saturated carbocycles. The summed E-state index contributed by atoms with van der Waals surface area (Å²) in [7, 11) is 0. The minimum Gasteiger partial charge on any atom is -0.461 e. The molecule has 1 saturated heterocycles. The lowest BCUT2D eigenvalue weighted by Crippen LogP contribution is -2.30. The highest BCUT2D eigenvalue weighted by atomic mass is 32.2. The second-order valence-electron chi connectivity index (χ2n) is 6.93. The smallest absolute Gasteiger partial charge is 0.234 e. The van der Waals surface area contributed by atoms with E-state index in [2.05, 4.69) is 26.5 Å². The number of hydrogen-bond acceptors (Lipinski definition) is 6. The van der Waals surface area contributed by atoms with Crippen LogP contribution in [0.2, 0.25) is 0 Å².